The van der Waals surface area contributed by atoms with E-state index in [-0.39, 0.29) is 5.82 Å². The zero-order valence-electron chi connectivity index (χ0n) is 24.5. The maximum absolute atomic E-state index is 14.5. The summed E-state index contributed by atoms with van der Waals surface area (Å²) < 4.78 is 42.2. The average molecular weight is 603 g/mol. The Kier molecular flexibility index (Phi) is 7.50. The molecule has 2 fully saturated rings. The third-order valence-electron chi connectivity index (χ3n) is 8.00. The van der Waals surface area contributed by atoms with Gasteiger partial charge in [-0.15, -0.1) is 10.2 Å². The summed E-state index contributed by atoms with van der Waals surface area (Å²) in [6, 6.07) is 11.4. The third kappa shape index (κ3) is 5.29. The third-order valence-corrected chi connectivity index (χ3v) is 8.00. The molecular weight excluding hydrogens is 570 g/mol. The number of imidazole rings is 1. The molecule has 0 spiro atoms. The van der Waals surface area contributed by atoms with E-state index in [0.29, 0.717) is 64.8 Å². The molecule has 7 rings (SSSR count). The van der Waals surface area contributed by atoms with Crippen LogP contribution in [-0.2, 0) is 18.2 Å². The van der Waals surface area contributed by atoms with Gasteiger partial charge in [0.25, 0.3) is 6.43 Å². The molecule has 0 amide bonds. The van der Waals surface area contributed by atoms with E-state index in [2.05, 4.69) is 41.7 Å². The summed E-state index contributed by atoms with van der Waals surface area (Å²) in [6.45, 7) is 2.56. The van der Waals surface area contributed by atoms with Gasteiger partial charge >= 0.3 is 0 Å². The van der Waals surface area contributed by atoms with E-state index in [1.54, 1.807) is 14.2 Å². The lowest BCUT2D eigenvalue weighted by atomic mass is 10.1. The van der Waals surface area contributed by atoms with Crippen molar-refractivity contribution in [3.63, 3.8) is 0 Å². The SMILES string of the molecule is COc1c(Nc2cc(Cc3ccc(N4CCC4)cn3)nc3c2nc(C(F)F)n3C2CCCCO2)cccc1-c1nnn(C)n1. The molecule has 1 N–H and O–H groups in total. The number of hydrogen-bond donors (Lipinski definition) is 1. The molecule has 44 heavy (non-hydrogen) atoms. The van der Waals surface area contributed by atoms with Gasteiger partial charge in [0, 0.05) is 31.8 Å². The number of pyridine rings is 2. The van der Waals surface area contributed by atoms with E-state index in [1.165, 1.54) is 15.8 Å². The molecule has 0 aliphatic carbocycles. The molecule has 1 unspecified atom stereocenters. The predicted octanol–water partition coefficient (Wildman–Crippen LogP) is 5.21. The number of para-hydroxylation sites is 1. The van der Waals surface area contributed by atoms with Gasteiger partial charge in [-0.2, -0.15) is 4.80 Å². The number of ether oxygens (including phenoxy) is 2. The molecule has 0 saturated carbocycles. The molecule has 12 nitrogen and oxygen atoms in total. The van der Waals surface area contributed by atoms with E-state index in [0.717, 1.165) is 37.3 Å². The van der Waals surface area contributed by atoms with Crippen molar-refractivity contribution in [3.05, 3.63) is 59.8 Å². The first-order valence-electron chi connectivity index (χ1n) is 14.7. The summed E-state index contributed by atoms with van der Waals surface area (Å²) in [5.41, 5.74) is 4.89. The second-order valence-electron chi connectivity index (χ2n) is 10.9. The molecule has 2 saturated heterocycles. The minimum atomic E-state index is -2.82. The van der Waals surface area contributed by atoms with Crippen molar-refractivity contribution in [1.82, 2.24) is 39.7 Å². The van der Waals surface area contributed by atoms with Gasteiger partial charge in [-0.25, -0.2) is 18.7 Å². The van der Waals surface area contributed by atoms with Crippen LogP contribution in [-0.4, -0.2) is 66.5 Å². The Balaban J connectivity index is 1.33. The maximum Gasteiger partial charge on any atom is 0.295 e. The number of anilines is 3. The fourth-order valence-electron chi connectivity index (χ4n) is 5.72. The lowest BCUT2D eigenvalue weighted by Gasteiger charge is -2.32. The van der Waals surface area contributed by atoms with Crippen LogP contribution in [0.5, 0.6) is 5.75 Å². The van der Waals surface area contributed by atoms with Crippen molar-refractivity contribution in [1.29, 1.82) is 0 Å². The molecular formula is C30H32F2N10O2. The second-order valence-corrected chi connectivity index (χ2v) is 10.9. The zero-order chi connectivity index (χ0) is 30.2. The first-order valence-corrected chi connectivity index (χ1v) is 14.7. The molecule has 4 aromatic heterocycles. The number of rotatable bonds is 9. The maximum atomic E-state index is 14.5. The smallest absolute Gasteiger partial charge is 0.295 e. The quantitative estimate of drug-likeness (QED) is 0.241. The highest BCUT2D eigenvalue weighted by Crippen LogP contribution is 2.40. The van der Waals surface area contributed by atoms with E-state index in [1.807, 2.05) is 36.5 Å². The van der Waals surface area contributed by atoms with Gasteiger partial charge in [0.05, 0.1) is 48.7 Å². The Hall–Kier alpha value is -4.72. The highest BCUT2D eigenvalue weighted by molar-refractivity contribution is 5.91. The number of aryl methyl sites for hydroxylation is 1. The van der Waals surface area contributed by atoms with E-state index >= 15 is 0 Å². The zero-order valence-corrected chi connectivity index (χ0v) is 24.5. The van der Waals surface area contributed by atoms with E-state index in [4.69, 9.17) is 14.5 Å². The van der Waals surface area contributed by atoms with Crippen LogP contribution in [0, 0.1) is 0 Å². The first kappa shape index (κ1) is 28.1. The van der Waals surface area contributed by atoms with Crippen LogP contribution in [0.25, 0.3) is 22.6 Å². The Bertz CT molecular complexity index is 1780. The summed E-state index contributed by atoms with van der Waals surface area (Å²) in [7, 11) is 3.23. The number of benzene rings is 1. The first-order chi connectivity index (χ1) is 21.5. The normalized spacial score (nSPS) is 16.8. The number of aromatic nitrogens is 8. The standard InChI is InChI=1S/C30H32F2N10O2/c1-40-38-28(37-39-40)21-7-5-8-22(26(21)43-2)35-23-16-19(15-18-10-11-20(17-33-18)41-12-6-13-41)34-29-25(23)36-30(27(31)32)42(29)24-9-3-4-14-44-24/h5,7-8,10-11,16-17,24,27H,3-4,6,9,12-15H2,1-2H3,(H,34,35). The minimum Gasteiger partial charge on any atom is -0.494 e. The molecule has 14 heteroatoms. The van der Waals surface area contributed by atoms with Gasteiger partial charge in [0.2, 0.25) is 5.82 Å². The number of fused-ring (bicyclic) bond motifs is 1. The fraction of sp³-hybridized carbons (Fsp3) is 0.400. The number of hydrogen-bond acceptors (Lipinski definition) is 10. The van der Waals surface area contributed by atoms with Crippen molar-refractivity contribution in [2.45, 2.75) is 44.8 Å². The Morgan fingerprint density at radius 3 is 2.61 bits per heavy atom. The van der Waals surface area contributed by atoms with Crippen LogP contribution in [0.4, 0.5) is 25.8 Å². The summed E-state index contributed by atoms with van der Waals surface area (Å²) >= 11 is 0. The lowest BCUT2D eigenvalue weighted by Crippen LogP contribution is -2.36. The topological polar surface area (TPSA) is 121 Å². The summed E-state index contributed by atoms with van der Waals surface area (Å²) in [5, 5.41) is 15.8. The van der Waals surface area contributed by atoms with Gasteiger partial charge in [-0.3, -0.25) is 9.55 Å². The molecule has 0 bridgehead atoms. The number of nitrogens with zero attached hydrogens (tertiary/aromatic N) is 9. The van der Waals surface area contributed by atoms with Crippen LogP contribution in [0.2, 0.25) is 0 Å². The number of tetrazole rings is 1. The van der Waals surface area contributed by atoms with Crippen LogP contribution in [0.15, 0.2) is 42.6 Å². The van der Waals surface area contributed by atoms with Crippen LogP contribution in [0.3, 0.4) is 0 Å². The molecule has 1 aromatic carbocycles. The molecule has 5 aromatic rings. The van der Waals surface area contributed by atoms with Crippen LogP contribution < -0.4 is 15.0 Å². The molecule has 228 valence electrons. The molecule has 1 atom stereocenters. The van der Waals surface area contributed by atoms with Gasteiger partial charge in [0.1, 0.15) is 11.7 Å². The molecule has 0 radical (unpaired) electrons. The average Bonchev–Trinajstić information content (AvgIpc) is 3.62. The van der Waals surface area contributed by atoms with Crippen molar-refractivity contribution in [3.8, 4) is 17.1 Å². The lowest BCUT2D eigenvalue weighted by molar-refractivity contribution is -0.0363. The van der Waals surface area contributed by atoms with Crippen molar-refractivity contribution in [2.24, 2.45) is 7.05 Å². The predicted molar refractivity (Wildman–Crippen MR) is 159 cm³/mol. The van der Waals surface area contributed by atoms with Gasteiger partial charge in [-0.1, -0.05) is 6.07 Å². The van der Waals surface area contributed by atoms with Crippen molar-refractivity contribution in [2.75, 3.05) is 37.0 Å². The molecule has 6 heterocycles. The molecule has 2 aliphatic rings. The number of halogens is 2. The highest BCUT2D eigenvalue weighted by atomic mass is 19.3. The second kappa shape index (κ2) is 11.8. The minimum absolute atomic E-state index is 0.310. The fourth-order valence-corrected chi connectivity index (χ4v) is 5.72. The van der Waals surface area contributed by atoms with E-state index in [9.17, 15) is 8.78 Å². The van der Waals surface area contributed by atoms with Crippen LogP contribution in [0.1, 0.15) is 55.5 Å². The molecule has 2 aliphatic heterocycles. The Labute approximate surface area is 252 Å². The van der Waals surface area contributed by atoms with Crippen LogP contribution >= 0.6 is 0 Å². The van der Waals surface area contributed by atoms with Gasteiger partial charge in [0.15, 0.2) is 17.2 Å². The summed E-state index contributed by atoms with van der Waals surface area (Å²) in [6.07, 6.45) is 2.40. The number of nitrogens with one attached hydrogen (secondary N) is 1. The Morgan fingerprint density at radius 1 is 1.07 bits per heavy atom. The number of alkyl halides is 2. The van der Waals surface area contributed by atoms with E-state index < -0.39 is 12.7 Å². The van der Waals surface area contributed by atoms with Crippen molar-refractivity contribution < 1.29 is 18.3 Å². The largest absolute Gasteiger partial charge is 0.494 e. The summed E-state index contributed by atoms with van der Waals surface area (Å²) in [4.78, 5) is 17.6. The Morgan fingerprint density at radius 2 is 1.95 bits per heavy atom. The van der Waals surface area contributed by atoms with Crippen molar-refractivity contribution >= 4 is 28.2 Å². The van der Waals surface area contributed by atoms with Gasteiger partial charge in [-0.05, 0) is 61.2 Å². The monoisotopic (exact) mass is 602 g/mol. The van der Waals surface area contributed by atoms with Gasteiger partial charge < -0.3 is 19.7 Å². The highest BCUT2D eigenvalue weighted by Gasteiger charge is 2.29. The number of methoxy groups -OCH3 is 1. The summed E-state index contributed by atoms with van der Waals surface area (Å²) in [5.74, 6) is 0.487.